The molecule has 0 aliphatic carbocycles. The van der Waals surface area contributed by atoms with E-state index in [-0.39, 0.29) is 16.1 Å². The highest BCUT2D eigenvalue weighted by Crippen LogP contribution is 2.30. The predicted molar refractivity (Wildman–Crippen MR) is 105 cm³/mol. The van der Waals surface area contributed by atoms with Crippen LogP contribution in [-0.4, -0.2) is 38.8 Å². The number of nitrogens with zero attached hydrogens (tertiary/aromatic N) is 1. The van der Waals surface area contributed by atoms with Crippen molar-refractivity contribution in [3.05, 3.63) is 53.3 Å². The third kappa shape index (κ3) is 4.18. The number of carbonyl (C=O) groups excluding carboxylic acids is 1. The minimum Gasteiger partial charge on any atom is -0.495 e. The SMILES string of the molecule is COc1ccc(S(=O)(=O)N2CCCCC2)cc1NC(=O)c1ccc(C)c(F)c1. The van der Waals surface area contributed by atoms with E-state index < -0.39 is 21.7 Å². The Labute approximate surface area is 164 Å². The summed E-state index contributed by atoms with van der Waals surface area (Å²) in [5.41, 5.74) is 0.782. The molecule has 28 heavy (non-hydrogen) atoms. The van der Waals surface area contributed by atoms with Gasteiger partial charge in [0.15, 0.2) is 0 Å². The molecule has 1 saturated heterocycles. The average molecular weight is 406 g/mol. The zero-order valence-electron chi connectivity index (χ0n) is 15.9. The van der Waals surface area contributed by atoms with Gasteiger partial charge in [0.25, 0.3) is 5.91 Å². The lowest BCUT2D eigenvalue weighted by molar-refractivity contribution is 0.102. The van der Waals surface area contributed by atoms with Crippen LogP contribution < -0.4 is 10.1 Å². The topological polar surface area (TPSA) is 75.7 Å². The van der Waals surface area contributed by atoms with Crippen molar-refractivity contribution >= 4 is 21.6 Å². The van der Waals surface area contributed by atoms with E-state index >= 15 is 0 Å². The van der Waals surface area contributed by atoms with Crippen molar-refractivity contribution in [1.29, 1.82) is 0 Å². The number of halogens is 1. The number of rotatable bonds is 5. The molecule has 0 saturated carbocycles. The lowest BCUT2D eigenvalue weighted by Gasteiger charge is -2.26. The number of carbonyl (C=O) groups is 1. The molecule has 1 fully saturated rings. The molecule has 1 N–H and O–H groups in total. The van der Waals surface area contributed by atoms with Crippen molar-refractivity contribution in [2.24, 2.45) is 0 Å². The minimum absolute atomic E-state index is 0.0839. The first kappa shape index (κ1) is 20.3. The van der Waals surface area contributed by atoms with E-state index in [1.807, 2.05) is 0 Å². The third-order valence-electron chi connectivity index (χ3n) is 4.81. The Morgan fingerprint density at radius 3 is 2.46 bits per heavy atom. The fourth-order valence-electron chi connectivity index (χ4n) is 3.13. The molecule has 1 aliphatic heterocycles. The van der Waals surface area contributed by atoms with Crippen molar-refractivity contribution in [2.75, 3.05) is 25.5 Å². The number of sulfonamides is 1. The van der Waals surface area contributed by atoms with Crippen LogP contribution in [0.15, 0.2) is 41.3 Å². The van der Waals surface area contributed by atoms with Gasteiger partial charge < -0.3 is 10.1 Å². The summed E-state index contributed by atoms with van der Waals surface area (Å²) in [5, 5.41) is 2.63. The molecule has 8 heteroatoms. The van der Waals surface area contributed by atoms with E-state index in [1.165, 1.54) is 41.7 Å². The number of amides is 1. The van der Waals surface area contributed by atoms with Gasteiger partial charge in [-0.3, -0.25) is 4.79 Å². The van der Waals surface area contributed by atoms with Crippen LogP contribution >= 0.6 is 0 Å². The Hall–Kier alpha value is -2.45. The van der Waals surface area contributed by atoms with Crippen LogP contribution in [0.5, 0.6) is 5.75 Å². The fourth-order valence-corrected chi connectivity index (χ4v) is 4.67. The molecule has 0 radical (unpaired) electrons. The molecule has 0 aromatic heterocycles. The van der Waals surface area contributed by atoms with E-state index in [0.717, 1.165) is 25.3 Å². The maximum Gasteiger partial charge on any atom is 0.255 e. The number of hydrogen-bond acceptors (Lipinski definition) is 4. The number of nitrogens with one attached hydrogen (secondary N) is 1. The normalized spacial score (nSPS) is 15.2. The second-order valence-corrected chi connectivity index (χ2v) is 8.68. The van der Waals surface area contributed by atoms with Gasteiger partial charge in [0.1, 0.15) is 11.6 Å². The molecule has 2 aromatic carbocycles. The van der Waals surface area contributed by atoms with Crippen LogP contribution in [0, 0.1) is 12.7 Å². The Morgan fingerprint density at radius 2 is 1.82 bits per heavy atom. The fraction of sp³-hybridized carbons (Fsp3) is 0.350. The summed E-state index contributed by atoms with van der Waals surface area (Å²) in [4.78, 5) is 12.6. The zero-order valence-corrected chi connectivity index (χ0v) is 16.7. The largest absolute Gasteiger partial charge is 0.495 e. The highest BCUT2D eigenvalue weighted by atomic mass is 32.2. The first-order valence-electron chi connectivity index (χ1n) is 9.08. The summed E-state index contributed by atoms with van der Waals surface area (Å²) >= 11 is 0. The molecule has 3 rings (SSSR count). The van der Waals surface area contributed by atoms with Gasteiger partial charge in [0.05, 0.1) is 17.7 Å². The van der Waals surface area contributed by atoms with Gasteiger partial charge in [0, 0.05) is 18.7 Å². The third-order valence-corrected chi connectivity index (χ3v) is 6.70. The minimum atomic E-state index is -3.66. The molecule has 6 nitrogen and oxygen atoms in total. The molecule has 150 valence electrons. The smallest absolute Gasteiger partial charge is 0.255 e. The van der Waals surface area contributed by atoms with E-state index in [4.69, 9.17) is 4.74 Å². The van der Waals surface area contributed by atoms with Crippen LogP contribution in [-0.2, 0) is 10.0 Å². The predicted octanol–water partition coefficient (Wildman–Crippen LogP) is 3.57. The molecule has 1 heterocycles. The van der Waals surface area contributed by atoms with Gasteiger partial charge in [-0.1, -0.05) is 12.5 Å². The van der Waals surface area contributed by atoms with Crippen LogP contribution in [0.2, 0.25) is 0 Å². The molecular weight excluding hydrogens is 383 g/mol. The molecular formula is C20H23FN2O4S. The lowest BCUT2D eigenvalue weighted by Crippen LogP contribution is -2.35. The highest BCUT2D eigenvalue weighted by Gasteiger charge is 2.27. The van der Waals surface area contributed by atoms with Crippen molar-refractivity contribution in [3.63, 3.8) is 0 Å². The zero-order chi connectivity index (χ0) is 20.3. The molecule has 2 aromatic rings. The van der Waals surface area contributed by atoms with E-state index in [0.29, 0.717) is 24.4 Å². The number of benzene rings is 2. The molecule has 0 unspecified atom stereocenters. The molecule has 0 bridgehead atoms. The molecule has 0 atom stereocenters. The number of ether oxygens (including phenoxy) is 1. The van der Waals surface area contributed by atoms with Gasteiger partial charge in [0.2, 0.25) is 10.0 Å². The van der Waals surface area contributed by atoms with Crippen LogP contribution in [0.4, 0.5) is 10.1 Å². The molecule has 1 aliphatic rings. The summed E-state index contributed by atoms with van der Waals surface area (Å²) in [6.07, 6.45) is 2.68. The molecule has 0 spiro atoms. The lowest BCUT2D eigenvalue weighted by atomic mass is 10.1. The quantitative estimate of drug-likeness (QED) is 0.824. The first-order valence-corrected chi connectivity index (χ1v) is 10.5. The van der Waals surface area contributed by atoms with Gasteiger partial charge >= 0.3 is 0 Å². The summed E-state index contributed by atoms with van der Waals surface area (Å²) in [6.45, 7) is 2.58. The number of hydrogen-bond donors (Lipinski definition) is 1. The van der Waals surface area contributed by atoms with Gasteiger partial charge in [-0.2, -0.15) is 4.31 Å². The van der Waals surface area contributed by atoms with E-state index in [1.54, 1.807) is 6.92 Å². The van der Waals surface area contributed by atoms with Crippen molar-refractivity contribution in [1.82, 2.24) is 4.31 Å². The van der Waals surface area contributed by atoms with Crippen LogP contribution in [0.25, 0.3) is 0 Å². The second-order valence-electron chi connectivity index (χ2n) is 6.74. The highest BCUT2D eigenvalue weighted by molar-refractivity contribution is 7.89. The van der Waals surface area contributed by atoms with Gasteiger partial charge in [-0.05, 0) is 55.7 Å². The van der Waals surface area contributed by atoms with E-state index in [2.05, 4.69) is 5.32 Å². The maximum atomic E-state index is 13.8. The summed E-state index contributed by atoms with van der Waals surface area (Å²) in [7, 11) is -2.23. The van der Waals surface area contributed by atoms with Crippen molar-refractivity contribution in [2.45, 2.75) is 31.1 Å². The first-order chi connectivity index (χ1) is 13.3. The monoisotopic (exact) mass is 406 g/mol. The summed E-state index contributed by atoms with van der Waals surface area (Å²) in [5.74, 6) is -0.718. The summed E-state index contributed by atoms with van der Waals surface area (Å²) < 4.78 is 46.3. The number of methoxy groups -OCH3 is 1. The average Bonchev–Trinajstić information content (AvgIpc) is 2.70. The van der Waals surface area contributed by atoms with Crippen LogP contribution in [0.1, 0.15) is 35.2 Å². The van der Waals surface area contributed by atoms with Crippen molar-refractivity contribution in [3.8, 4) is 5.75 Å². The van der Waals surface area contributed by atoms with Gasteiger partial charge in [-0.15, -0.1) is 0 Å². The summed E-state index contributed by atoms with van der Waals surface area (Å²) in [6, 6.07) is 8.51. The number of piperidine rings is 1. The van der Waals surface area contributed by atoms with Crippen molar-refractivity contribution < 1.29 is 22.3 Å². The van der Waals surface area contributed by atoms with Crippen LogP contribution in [0.3, 0.4) is 0 Å². The maximum absolute atomic E-state index is 13.8. The second kappa shape index (κ2) is 8.28. The molecule has 1 amide bonds. The Balaban J connectivity index is 1.90. The standard InChI is InChI=1S/C20H23FN2O4S/c1-14-6-7-15(12-17(14)21)20(24)22-18-13-16(8-9-19(18)27-2)28(25,26)23-10-4-3-5-11-23/h6-9,12-13H,3-5,10-11H2,1-2H3,(H,22,24). The Bertz CT molecular complexity index is 986. The number of aryl methyl sites for hydroxylation is 1. The Morgan fingerprint density at radius 1 is 1.11 bits per heavy atom. The Kier molecular flexibility index (Phi) is 6.00. The van der Waals surface area contributed by atoms with E-state index in [9.17, 15) is 17.6 Å². The van der Waals surface area contributed by atoms with Gasteiger partial charge in [-0.25, -0.2) is 12.8 Å². The number of anilines is 1.